The smallest absolute Gasteiger partial charge is 0.182 e. The molecular weight excluding hydrogens is 209 g/mol. The molecule has 1 aliphatic carbocycles. The van der Waals surface area contributed by atoms with E-state index in [1.807, 2.05) is 0 Å². The maximum Gasteiger partial charge on any atom is 0.182 e. The Labute approximate surface area is 91.5 Å². The van der Waals surface area contributed by atoms with Gasteiger partial charge in [0.15, 0.2) is 11.5 Å². The second-order valence-electron chi connectivity index (χ2n) is 4.02. The van der Waals surface area contributed by atoms with Crippen LogP contribution in [-0.2, 0) is 0 Å². The molecule has 2 atom stereocenters. The zero-order valence-electron chi connectivity index (χ0n) is 8.65. The molecule has 1 aliphatic rings. The van der Waals surface area contributed by atoms with Gasteiger partial charge in [-0.25, -0.2) is 19.3 Å². The van der Waals surface area contributed by atoms with Crippen LogP contribution in [0.25, 0.3) is 11.2 Å². The standard InChI is InChI=1S/C10H12FN5/c11-6-2-1-3-7(6)16-10-8-9(13-4-12-8)14-5-15-10/h4-7H,1-3H2,(H2,12,13,14,15,16)/t6-,7+/m1/s1. The summed E-state index contributed by atoms with van der Waals surface area (Å²) in [5.74, 6) is 0.636. The number of fused-ring (bicyclic) bond motifs is 1. The third kappa shape index (κ3) is 1.50. The first-order valence-corrected chi connectivity index (χ1v) is 5.39. The monoisotopic (exact) mass is 221 g/mol. The van der Waals surface area contributed by atoms with E-state index in [9.17, 15) is 4.39 Å². The minimum absolute atomic E-state index is 0.138. The summed E-state index contributed by atoms with van der Waals surface area (Å²) < 4.78 is 13.5. The van der Waals surface area contributed by atoms with E-state index in [4.69, 9.17) is 0 Å². The highest BCUT2D eigenvalue weighted by atomic mass is 19.1. The summed E-state index contributed by atoms with van der Waals surface area (Å²) >= 11 is 0. The van der Waals surface area contributed by atoms with Gasteiger partial charge in [0, 0.05) is 0 Å². The van der Waals surface area contributed by atoms with Crippen LogP contribution in [0.1, 0.15) is 19.3 Å². The van der Waals surface area contributed by atoms with E-state index in [1.54, 1.807) is 6.33 Å². The van der Waals surface area contributed by atoms with Gasteiger partial charge in [0.05, 0.1) is 12.4 Å². The number of hydrogen-bond acceptors (Lipinski definition) is 4. The highest BCUT2D eigenvalue weighted by Crippen LogP contribution is 2.26. The first kappa shape index (κ1) is 9.50. The molecule has 2 aromatic heterocycles. The quantitative estimate of drug-likeness (QED) is 0.809. The number of hydrogen-bond donors (Lipinski definition) is 2. The van der Waals surface area contributed by atoms with Crippen molar-refractivity contribution in [3.05, 3.63) is 12.7 Å². The molecule has 0 amide bonds. The molecule has 2 heterocycles. The lowest BCUT2D eigenvalue weighted by molar-refractivity contribution is 0.323. The lowest BCUT2D eigenvalue weighted by Gasteiger charge is -2.15. The number of nitrogens with zero attached hydrogens (tertiary/aromatic N) is 3. The molecule has 84 valence electrons. The topological polar surface area (TPSA) is 66.5 Å². The minimum atomic E-state index is -0.784. The van der Waals surface area contributed by atoms with Crippen molar-refractivity contribution in [3.63, 3.8) is 0 Å². The molecule has 16 heavy (non-hydrogen) atoms. The van der Waals surface area contributed by atoms with Crippen LogP contribution < -0.4 is 5.32 Å². The van der Waals surface area contributed by atoms with Crippen LogP contribution in [0.4, 0.5) is 10.2 Å². The third-order valence-corrected chi connectivity index (χ3v) is 2.98. The highest BCUT2D eigenvalue weighted by molar-refractivity contribution is 5.82. The first-order chi connectivity index (χ1) is 7.84. The molecule has 6 heteroatoms. The van der Waals surface area contributed by atoms with Gasteiger partial charge < -0.3 is 10.3 Å². The first-order valence-electron chi connectivity index (χ1n) is 5.39. The van der Waals surface area contributed by atoms with Crippen LogP contribution in [0.3, 0.4) is 0 Å². The Balaban J connectivity index is 1.91. The molecule has 0 aromatic carbocycles. The lowest BCUT2D eigenvalue weighted by atomic mass is 10.2. The molecule has 2 aromatic rings. The van der Waals surface area contributed by atoms with Crippen molar-refractivity contribution in [1.82, 2.24) is 19.9 Å². The molecule has 5 nitrogen and oxygen atoms in total. The van der Waals surface area contributed by atoms with Crippen LogP contribution in [0.5, 0.6) is 0 Å². The number of aromatic nitrogens is 4. The zero-order chi connectivity index (χ0) is 11.0. The second-order valence-corrected chi connectivity index (χ2v) is 4.02. The second kappa shape index (κ2) is 3.70. The van der Waals surface area contributed by atoms with E-state index >= 15 is 0 Å². The van der Waals surface area contributed by atoms with E-state index < -0.39 is 6.17 Å². The fourth-order valence-electron chi connectivity index (χ4n) is 2.13. The summed E-state index contributed by atoms with van der Waals surface area (Å²) in [4.78, 5) is 15.1. The van der Waals surface area contributed by atoms with Crippen molar-refractivity contribution in [2.24, 2.45) is 0 Å². The average Bonchev–Trinajstić information content (AvgIpc) is 2.89. The number of rotatable bonds is 2. The van der Waals surface area contributed by atoms with E-state index in [0.717, 1.165) is 18.4 Å². The van der Waals surface area contributed by atoms with Gasteiger partial charge in [-0.05, 0) is 19.3 Å². The van der Waals surface area contributed by atoms with Gasteiger partial charge >= 0.3 is 0 Å². The SMILES string of the molecule is F[C@@H]1CCC[C@@H]1Nc1ncnc2nc[nH]c12. The van der Waals surface area contributed by atoms with Gasteiger partial charge in [0.25, 0.3) is 0 Å². The summed E-state index contributed by atoms with van der Waals surface area (Å²) in [6.45, 7) is 0. The number of nitrogens with one attached hydrogen (secondary N) is 2. The lowest BCUT2D eigenvalue weighted by Crippen LogP contribution is -2.25. The largest absolute Gasteiger partial charge is 0.363 e. The van der Waals surface area contributed by atoms with Gasteiger partial charge in [-0.3, -0.25) is 0 Å². The van der Waals surface area contributed by atoms with Crippen molar-refractivity contribution in [2.45, 2.75) is 31.5 Å². The number of alkyl halides is 1. The number of anilines is 1. The number of imidazole rings is 1. The van der Waals surface area contributed by atoms with Gasteiger partial charge in [-0.1, -0.05) is 0 Å². The van der Waals surface area contributed by atoms with E-state index in [2.05, 4.69) is 25.3 Å². The zero-order valence-corrected chi connectivity index (χ0v) is 8.65. The fourth-order valence-corrected chi connectivity index (χ4v) is 2.13. The number of halogens is 1. The predicted octanol–water partition coefficient (Wildman–Crippen LogP) is 1.66. The van der Waals surface area contributed by atoms with Crippen LogP contribution >= 0.6 is 0 Å². The summed E-state index contributed by atoms with van der Waals surface area (Å²) in [6.07, 6.45) is 4.62. The van der Waals surface area contributed by atoms with E-state index in [-0.39, 0.29) is 6.04 Å². The van der Waals surface area contributed by atoms with Gasteiger partial charge in [0.2, 0.25) is 0 Å². The molecule has 1 saturated carbocycles. The summed E-state index contributed by atoms with van der Waals surface area (Å²) in [5, 5.41) is 3.12. The Hall–Kier alpha value is -1.72. The molecule has 0 unspecified atom stereocenters. The third-order valence-electron chi connectivity index (χ3n) is 2.98. The molecule has 0 bridgehead atoms. The van der Waals surface area contributed by atoms with Crippen LogP contribution in [0, 0.1) is 0 Å². The minimum Gasteiger partial charge on any atom is -0.363 e. The van der Waals surface area contributed by atoms with Crippen molar-refractivity contribution in [1.29, 1.82) is 0 Å². The predicted molar refractivity (Wildman–Crippen MR) is 57.8 cm³/mol. The highest BCUT2D eigenvalue weighted by Gasteiger charge is 2.27. The molecule has 0 radical (unpaired) electrons. The summed E-state index contributed by atoms with van der Waals surface area (Å²) in [7, 11) is 0. The Morgan fingerprint density at radius 3 is 3.06 bits per heavy atom. The van der Waals surface area contributed by atoms with Crippen LogP contribution in [0.2, 0.25) is 0 Å². The van der Waals surface area contributed by atoms with Crippen LogP contribution in [0.15, 0.2) is 12.7 Å². The Morgan fingerprint density at radius 1 is 1.31 bits per heavy atom. The van der Waals surface area contributed by atoms with Crippen molar-refractivity contribution in [3.8, 4) is 0 Å². The Bertz CT molecular complexity index is 497. The number of aromatic amines is 1. The van der Waals surface area contributed by atoms with Crippen molar-refractivity contribution in [2.75, 3.05) is 5.32 Å². The maximum absolute atomic E-state index is 13.5. The summed E-state index contributed by atoms with van der Waals surface area (Å²) in [5.41, 5.74) is 1.34. The molecule has 3 rings (SSSR count). The number of H-pyrrole nitrogens is 1. The Kier molecular flexibility index (Phi) is 2.19. The molecule has 0 spiro atoms. The molecule has 0 saturated heterocycles. The summed E-state index contributed by atoms with van der Waals surface area (Å²) in [6, 6.07) is -0.138. The van der Waals surface area contributed by atoms with E-state index in [1.165, 1.54) is 6.33 Å². The Morgan fingerprint density at radius 2 is 2.25 bits per heavy atom. The molecule has 2 N–H and O–H groups in total. The van der Waals surface area contributed by atoms with Crippen molar-refractivity contribution >= 4 is 17.0 Å². The van der Waals surface area contributed by atoms with Gasteiger partial charge in [-0.15, -0.1) is 0 Å². The maximum atomic E-state index is 13.5. The van der Waals surface area contributed by atoms with Crippen molar-refractivity contribution < 1.29 is 4.39 Å². The average molecular weight is 221 g/mol. The fraction of sp³-hybridized carbons (Fsp3) is 0.500. The molecule has 1 fully saturated rings. The van der Waals surface area contributed by atoms with E-state index in [0.29, 0.717) is 17.9 Å². The van der Waals surface area contributed by atoms with Gasteiger partial charge in [0.1, 0.15) is 18.0 Å². The van der Waals surface area contributed by atoms with Gasteiger partial charge in [-0.2, -0.15) is 0 Å². The molecular formula is C10H12FN5. The van der Waals surface area contributed by atoms with Crippen LogP contribution in [-0.4, -0.2) is 32.1 Å². The molecule has 0 aliphatic heterocycles. The normalized spacial score (nSPS) is 25.1.